The van der Waals surface area contributed by atoms with E-state index in [9.17, 15) is 13.2 Å². The smallest absolute Gasteiger partial charge is 0.238 e. The number of rotatable bonds is 2. The second-order valence-corrected chi connectivity index (χ2v) is 8.85. The van der Waals surface area contributed by atoms with Crippen molar-refractivity contribution in [2.75, 3.05) is 18.8 Å². The Balaban J connectivity index is 1.58. The Bertz CT molecular complexity index is 477. The van der Waals surface area contributed by atoms with Crippen LogP contribution < -0.4 is 10.6 Å². The molecule has 1 amide bonds. The van der Waals surface area contributed by atoms with Gasteiger partial charge in [0.1, 0.15) is 5.25 Å². The highest BCUT2D eigenvalue weighted by Crippen LogP contribution is 2.32. The largest absolute Gasteiger partial charge is 0.352 e. The van der Waals surface area contributed by atoms with Crippen molar-refractivity contribution in [3.8, 4) is 0 Å². The highest BCUT2D eigenvalue weighted by molar-refractivity contribution is 7.92. The van der Waals surface area contributed by atoms with Crippen LogP contribution in [0, 0.1) is 11.8 Å². The number of sulfone groups is 1. The fourth-order valence-corrected chi connectivity index (χ4v) is 5.78. The molecule has 2 saturated heterocycles. The first-order valence-corrected chi connectivity index (χ1v) is 9.50. The van der Waals surface area contributed by atoms with E-state index in [-0.39, 0.29) is 17.7 Å². The molecule has 0 bridgehead atoms. The summed E-state index contributed by atoms with van der Waals surface area (Å²) in [5.74, 6) is 1.32. The molecule has 20 heavy (non-hydrogen) atoms. The Morgan fingerprint density at radius 2 is 1.85 bits per heavy atom. The molecule has 2 unspecified atom stereocenters. The number of nitrogens with one attached hydrogen (secondary N) is 2. The second-order valence-electron chi connectivity index (χ2n) is 6.55. The molecule has 0 aromatic carbocycles. The van der Waals surface area contributed by atoms with Crippen LogP contribution in [-0.2, 0) is 14.6 Å². The topological polar surface area (TPSA) is 75.3 Å². The summed E-state index contributed by atoms with van der Waals surface area (Å²) in [5.41, 5.74) is 0. The number of carbonyl (C=O) groups excluding carboxylic acids is 1. The third-order valence-electron chi connectivity index (χ3n) is 5.17. The van der Waals surface area contributed by atoms with Crippen molar-refractivity contribution < 1.29 is 13.2 Å². The molecule has 1 aliphatic carbocycles. The highest BCUT2D eigenvalue weighted by Gasteiger charge is 2.38. The zero-order valence-corrected chi connectivity index (χ0v) is 12.6. The first-order valence-electron chi connectivity index (χ1n) is 7.79. The summed E-state index contributed by atoms with van der Waals surface area (Å²) < 4.78 is 24.0. The van der Waals surface area contributed by atoms with Gasteiger partial charge in [-0.05, 0) is 57.0 Å². The molecule has 5 nitrogen and oxygen atoms in total. The monoisotopic (exact) mass is 300 g/mol. The molecule has 3 fully saturated rings. The quantitative estimate of drug-likeness (QED) is 0.777. The predicted molar refractivity (Wildman–Crippen MR) is 77.1 cm³/mol. The Hall–Kier alpha value is -0.620. The molecule has 4 atom stereocenters. The maximum atomic E-state index is 12.3. The summed E-state index contributed by atoms with van der Waals surface area (Å²) in [7, 11) is -3.22. The second kappa shape index (κ2) is 5.64. The van der Waals surface area contributed by atoms with Crippen molar-refractivity contribution >= 4 is 15.7 Å². The zero-order chi connectivity index (χ0) is 14.2. The van der Waals surface area contributed by atoms with Gasteiger partial charge in [-0.1, -0.05) is 6.42 Å². The molecule has 114 valence electrons. The van der Waals surface area contributed by atoms with Crippen LogP contribution in [0.4, 0.5) is 0 Å². The van der Waals surface area contributed by atoms with Gasteiger partial charge < -0.3 is 10.6 Å². The minimum Gasteiger partial charge on any atom is -0.352 e. The standard InChI is InChI=1S/C14H24N2O3S/c17-14(13-3-1-2-6-20(13,18)19)16-12-5-4-10-8-15-9-11(10)7-12/h10-13,15H,1-9H2,(H,16,17)/t10-,11+,12?,13?/m0/s1. The van der Waals surface area contributed by atoms with Crippen molar-refractivity contribution in [3.05, 3.63) is 0 Å². The molecule has 2 N–H and O–H groups in total. The summed E-state index contributed by atoms with van der Waals surface area (Å²) >= 11 is 0. The van der Waals surface area contributed by atoms with Gasteiger partial charge in [0.25, 0.3) is 0 Å². The number of amides is 1. The molecule has 0 aromatic heterocycles. The van der Waals surface area contributed by atoms with E-state index in [1.54, 1.807) is 0 Å². The van der Waals surface area contributed by atoms with Crippen molar-refractivity contribution in [2.24, 2.45) is 11.8 Å². The molecule has 1 saturated carbocycles. The van der Waals surface area contributed by atoms with Crippen LogP contribution in [0.5, 0.6) is 0 Å². The van der Waals surface area contributed by atoms with Gasteiger partial charge in [0.05, 0.1) is 5.75 Å². The number of hydrogen-bond acceptors (Lipinski definition) is 4. The van der Waals surface area contributed by atoms with Crippen LogP contribution in [0.2, 0.25) is 0 Å². The fraction of sp³-hybridized carbons (Fsp3) is 0.929. The van der Waals surface area contributed by atoms with Crippen molar-refractivity contribution in [3.63, 3.8) is 0 Å². The summed E-state index contributed by atoms with van der Waals surface area (Å²) in [5, 5.41) is 5.62. The Morgan fingerprint density at radius 3 is 2.65 bits per heavy atom. The first-order chi connectivity index (χ1) is 9.56. The third kappa shape index (κ3) is 2.86. The van der Waals surface area contributed by atoms with Crippen molar-refractivity contribution in [1.29, 1.82) is 0 Å². The molecule has 3 rings (SSSR count). The number of carbonyl (C=O) groups is 1. The van der Waals surface area contributed by atoms with Gasteiger partial charge >= 0.3 is 0 Å². The minimum absolute atomic E-state index is 0.167. The van der Waals surface area contributed by atoms with Gasteiger partial charge in [-0.2, -0.15) is 0 Å². The van der Waals surface area contributed by atoms with Gasteiger partial charge in [-0.15, -0.1) is 0 Å². The molecule has 0 radical (unpaired) electrons. The van der Waals surface area contributed by atoms with E-state index in [1.165, 1.54) is 0 Å². The van der Waals surface area contributed by atoms with Crippen LogP contribution >= 0.6 is 0 Å². The van der Waals surface area contributed by atoms with Gasteiger partial charge in [0, 0.05) is 6.04 Å². The lowest BCUT2D eigenvalue weighted by Crippen LogP contribution is -2.48. The van der Waals surface area contributed by atoms with E-state index in [0.717, 1.165) is 44.7 Å². The van der Waals surface area contributed by atoms with E-state index < -0.39 is 15.1 Å². The predicted octanol–water partition coefficient (Wildman–Crippen LogP) is 0.458. The normalized spacial score (nSPS) is 40.0. The lowest BCUT2D eigenvalue weighted by molar-refractivity contribution is -0.122. The summed E-state index contributed by atoms with van der Waals surface area (Å²) in [6.07, 6.45) is 5.16. The van der Waals surface area contributed by atoms with E-state index in [4.69, 9.17) is 0 Å². The minimum atomic E-state index is -3.22. The number of hydrogen-bond donors (Lipinski definition) is 2. The lowest BCUT2D eigenvalue weighted by Gasteiger charge is -2.33. The van der Waals surface area contributed by atoms with E-state index in [2.05, 4.69) is 10.6 Å². The maximum Gasteiger partial charge on any atom is 0.238 e. The SMILES string of the molecule is O=C(NC1CC[C@H]2CNC[C@H]2C1)C1CCCCS1(=O)=O. The lowest BCUT2D eigenvalue weighted by atomic mass is 9.79. The average molecular weight is 300 g/mol. The third-order valence-corrected chi connectivity index (χ3v) is 7.34. The van der Waals surface area contributed by atoms with Crippen LogP contribution in [0.25, 0.3) is 0 Å². The summed E-state index contributed by atoms with van der Waals surface area (Å²) in [4.78, 5) is 12.3. The van der Waals surface area contributed by atoms with Gasteiger partial charge in [-0.25, -0.2) is 8.42 Å². The van der Waals surface area contributed by atoms with Crippen LogP contribution in [0.15, 0.2) is 0 Å². The summed E-state index contributed by atoms with van der Waals surface area (Å²) in [6, 6.07) is 0.167. The van der Waals surface area contributed by atoms with Gasteiger partial charge in [0.15, 0.2) is 9.84 Å². The first kappa shape index (κ1) is 14.3. The Morgan fingerprint density at radius 1 is 1.05 bits per heavy atom. The molecule has 6 heteroatoms. The number of fused-ring (bicyclic) bond motifs is 1. The average Bonchev–Trinajstić information content (AvgIpc) is 2.85. The molecule has 2 aliphatic heterocycles. The van der Waals surface area contributed by atoms with Crippen LogP contribution in [0.3, 0.4) is 0 Å². The van der Waals surface area contributed by atoms with Gasteiger partial charge in [0.2, 0.25) is 5.91 Å². The molecular formula is C14H24N2O3S. The Kier molecular flexibility index (Phi) is 4.04. The fourth-order valence-electron chi connectivity index (χ4n) is 3.97. The summed E-state index contributed by atoms with van der Waals surface area (Å²) in [6.45, 7) is 2.14. The molecular weight excluding hydrogens is 276 g/mol. The highest BCUT2D eigenvalue weighted by atomic mass is 32.2. The van der Waals surface area contributed by atoms with Crippen LogP contribution in [-0.4, -0.2) is 44.5 Å². The molecule has 0 aromatic rings. The van der Waals surface area contributed by atoms with E-state index >= 15 is 0 Å². The van der Waals surface area contributed by atoms with Crippen molar-refractivity contribution in [2.45, 2.75) is 49.8 Å². The zero-order valence-electron chi connectivity index (χ0n) is 11.8. The maximum absolute atomic E-state index is 12.3. The molecule has 0 spiro atoms. The van der Waals surface area contributed by atoms with Crippen molar-refractivity contribution in [1.82, 2.24) is 10.6 Å². The van der Waals surface area contributed by atoms with Crippen LogP contribution in [0.1, 0.15) is 38.5 Å². The Labute approximate surface area is 120 Å². The van der Waals surface area contributed by atoms with E-state index in [1.807, 2.05) is 0 Å². The molecule has 2 heterocycles. The molecule has 3 aliphatic rings. The van der Waals surface area contributed by atoms with E-state index in [0.29, 0.717) is 18.8 Å². The van der Waals surface area contributed by atoms with Gasteiger partial charge in [-0.3, -0.25) is 4.79 Å².